The van der Waals surface area contributed by atoms with Crippen molar-refractivity contribution in [3.63, 3.8) is 0 Å². The minimum absolute atomic E-state index is 0.00831. The van der Waals surface area contributed by atoms with E-state index in [-0.39, 0.29) is 11.1 Å². The van der Waals surface area contributed by atoms with E-state index in [0.717, 1.165) is 50.3 Å². The zero-order chi connectivity index (χ0) is 26.8. The molecule has 198 valence electrons. The number of ether oxygens (including phenoxy) is 1. The average molecular weight is 534 g/mol. The van der Waals surface area contributed by atoms with E-state index in [4.69, 9.17) is 4.74 Å². The van der Waals surface area contributed by atoms with E-state index < -0.39 is 0 Å². The van der Waals surface area contributed by atoms with Crippen molar-refractivity contribution in [2.75, 3.05) is 18.0 Å². The monoisotopic (exact) mass is 533 g/mol. The number of thiophene rings is 1. The number of nitrogens with zero attached hydrogens (tertiary/aromatic N) is 2. The van der Waals surface area contributed by atoms with Gasteiger partial charge in [0.2, 0.25) is 5.36 Å². The molecule has 1 aromatic heterocycles. The summed E-state index contributed by atoms with van der Waals surface area (Å²) in [4.78, 5) is 3.96. The third-order valence-corrected chi connectivity index (χ3v) is 10.6. The first-order valence-corrected chi connectivity index (χ1v) is 15.5. The molecule has 0 bridgehead atoms. The third kappa shape index (κ3) is 3.13. The molecule has 3 nitrogen and oxygen atoms in total. The molecule has 3 aromatic rings. The number of allylic oxidation sites excluding steroid dienone is 2. The lowest BCUT2D eigenvalue weighted by Gasteiger charge is -2.47. The Labute approximate surface area is 235 Å². The molecule has 0 saturated carbocycles. The molecule has 0 spiro atoms. The van der Waals surface area contributed by atoms with Gasteiger partial charge in [-0.1, -0.05) is 12.1 Å². The number of hydrogen-bond acceptors (Lipinski definition) is 3. The Morgan fingerprint density at radius 3 is 2.49 bits per heavy atom. The molecule has 5 aliphatic rings. The molecule has 5 aliphatic heterocycles. The summed E-state index contributed by atoms with van der Waals surface area (Å²) in [5.41, 5.74) is 12.4. The predicted molar refractivity (Wildman–Crippen MR) is 164 cm³/mol. The first-order valence-electron chi connectivity index (χ1n) is 14.6. The summed E-state index contributed by atoms with van der Waals surface area (Å²) in [6.07, 6.45) is 9.38. The SMILES string of the molecule is CC1=CC(C)(C)N2CCCc3c4c(cc1c32)C(c1cccs1)=c1cc2c3c(c1O4)CCC[N+]=3C(C)(C)C=C2C. The summed E-state index contributed by atoms with van der Waals surface area (Å²) in [7, 11) is 0. The summed E-state index contributed by atoms with van der Waals surface area (Å²) >= 11 is 1.85. The van der Waals surface area contributed by atoms with Crippen LogP contribution in [0.4, 0.5) is 5.69 Å². The highest BCUT2D eigenvalue weighted by atomic mass is 32.1. The molecular weight excluding hydrogens is 496 g/mol. The van der Waals surface area contributed by atoms with Crippen molar-refractivity contribution >= 4 is 33.7 Å². The summed E-state index contributed by atoms with van der Waals surface area (Å²) in [6.45, 7) is 16.2. The zero-order valence-corrected chi connectivity index (χ0v) is 24.8. The van der Waals surface area contributed by atoms with Gasteiger partial charge in [0.1, 0.15) is 18.0 Å². The van der Waals surface area contributed by atoms with Crippen molar-refractivity contribution < 1.29 is 4.74 Å². The van der Waals surface area contributed by atoms with Gasteiger partial charge in [-0.3, -0.25) is 0 Å². The molecule has 0 amide bonds. The smallest absolute Gasteiger partial charge is 0.215 e. The third-order valence-electron chi connectivity index (χ3n) is 9.74. The van der Waals surface area contributed by atoms with E-state index in [1.807, 2.05) is 11.3 Å². The first kappa shape index (κ1) is 23.7. The van der Waals surface area contributed by atoms with Crippen LogP contribution >= 0.6 is 11.3 Å². The second-order valence-electron chi connectivity index (χ2n) is 13.2. The fourth-order valence-corrected chi connectivity index (χ4v) is 9.02. The van der Waals surface area contributed by atoms with Crippen LogP contribution in [0.5, 0.6) is 11.5 Å². The largest absolute Gasteiger partial charge is 0.455 e. The molecule has 0 aliphatic carbocycles. The van der Waals surface area contributed by atoms with Crippen LogP contribution in [0.25, 0.3) is 16.7 Å². The predicted octanol–water partition coefficient (Wildman–Crippen LogP) is 6.68. The van der Waals surface area contributed by atoms with E-state index in [9.17, 15) is 0 Å². The van der Waals surface area contributed by atoms with Crippen LogP contribution in [0.3, 0.4) is 0 Å². The molecule has 4 heteroatoms. The van der Waals surface area contributed by atoms with Gasteiger partial charge in [0.25, 0.3) is 0 Å². The number of benzene rings is 2. The van der Waals surface area contributed by atoms with Crippen LogP contribution < -0.4 is 24.8 Å². The average Bonchev–Trinajstić information content (AvgIpc) is 3.43. The van der Waals surface area contributed by atoms with E-state index in [1.165, 1.54) is 65.7 Å². The molecule has 0 saturated heterocycles. The van der Waals surface area contributed by atoms with Crippen molar-refractivity contribution in [3.8, 4) is 11.5 Å². The maximum Gasteiger partial charge on any atom is 0.215 e. The summed E-state index contributed by atoms with van der Waals surface area (Å²) < 4.78 is 9.88. The zero-order valence-electron chi connectivity index (χ0n) is 24.0. The van der Waals surface area contributed by atoms with Gasteiger partial charge in [-0.05, 0) is 87.8 Å². The number of hydrogen-bond donors (Lipinski definition) is 0. The minimum atomic E-state index is 0.00831. The Bertz CT molecular complexity index is 1800. The van der Waals surface area contributed by atoms with Gasteiger partial charge >= 0.3 is 0 Å². The normalized spacial score (nSPS) is 21.2. The Morgan fingerprint density at radius 2 is 1.69 bits per heavy atom. The standard InChI is InChI=1S/C35H37N2OS/c1-20-18-34(3,4)36-13-7-10-22-30(36)24(20)16-26-29(28-12-9-15-39-28)27-17-25-21(2)19-35(5,6)37-14-8-11-23(31(25)37)33(27)38-32(22)26/h9,12,15-19H,7-8,10-11,13-14H2,1-6H3/q+1. The minimum Gasteiger partial charge on any atom is -0.455 e. The Hall–Kier alpha value is -3.11. The van der Waals surface area contributed by atoms with Gasteiger partial charge in [0.05, 0.1) is 16.8 Å². The number of fused-ring (bicyclic) bond motifs is 4. The lowest BCUT2D eigenvalue weighted by molar-refractivity contribution is 0.362. The molecule has 0 unspecified atom stereocenters. The number of rotatable bonds is 1. The van der Waals surface area contributed by atoms with Crippen molar-refractivity contribution in [2.45, 2.75) is 78.3 Å². The van der Waals surface area contributed by atoms with Gasteiger partial charge in [-0.2, -0.15) is 0 Å². The maximum atomic E-state index is 7.24. The highest BCUT2D eigenvalue weighted by Crippen LogP contribution is 2.52. The maximum absolute atomic E-state index is 7.24. The quantitative estimate of drug-likeness (QED) is 0.254. The second-order valence-corrected chi connectivity index (χ2v) is 14.1. The van der Waals surface area contributed by atoms with Gasteiger partial charge < -0.3 is 9.64 Å². The molecule has 0 atom stereocenters. The second kappa shape index (κ2) is 7.75. The van der Waals surface area contributed by atoms with E-state index in [0.29, 0.717) is 0 Å². The summed E-state index contributed by atoms with van der Waals surface area (Å²) in [5.74, 6) is 2.21. The Kier molecular flexibility index (Phi) is 4.72. The van der Waals surface area contributed by atoms with E-state index in [2.05, 4.69) is 92.8 Å². The van der Waals surface area contributed by atoms with Crippen LogP contribution in [-0.4, -0.2) is 24.2 Å². The molecule has 0 N–H and O–H groups in total. The van der Waals surface area contributed by atoms with Crippen molar-refractivity contribution in [2.24, 2.45) is 0 Å². The highest BCUT2D eigenvalue weighted by molar-refractivity contribution is 7.11. The van der Waals surface area contributed by atoms with Crippen molar-refractivity contribution in [1.29, 1.82) is 0 Å². The molecule has 2 aromatic carbocycles. The van der Waals surface area contributed by atoms with Crippen LogP contribution in [0.2, 0.25) is 0 Å². The lowest BCUT2D eigenvalue weighted by Crippen LogP contribution is -2.53. The molecule has 6 heterocycles. The molecule has 0 radical (unpaired) electrons. The van der Waals surface area contributed by atoms with Gasteiger partial charge in [-0.15, -0.1) is 11.3 Å². The van der Waals surface area contributed by atoms with Gasteiger partial charge in [-0.25, -0.2) is 4.58 Å². The summed E-state index contributed by atoms with van der Waals surface area (Å²) in [6, 6.07) is 9.39. The fourth-order valence-electron chi connectivity index (χ4n) is 8.22. The Balaban J connectivity index is 1.54. The Morgan fingerprint density at radius 1 is 0.897 bits per heavy atom. The van der Waals surface area contributed by atoms with Crippen LogP contribution in [0, 0.1) is 0 Å². The lowest BCUT2D eigenvalue weighted by atomic mass is 9.80. The molecule has 8 rings (SSSR count). The van der Waals surface area contributed by atoms with Gasteiger partial charge in [0, 0.05) is 64.7 Å². The van der Waals surface area contributed by atoms with E-state index in [1.54, 1.807) is 0 Å². The van der Waals surface area contributed by atoms with Gasteiger partial charge in [0.15, 0.2) is 5.54 Å². The van der Waals surface area contributed by atoms with Crippen molar-refractivity contribution in [3.05, 3.63) is 85.1 Å². The van der Waals surface area contributed by atoms with E-state index >= 15 is 0 Å². The topological polar surface area (TPSA) is 15.5 Å². The molecule has 39 heavy (non-hydrogen) atoms. The summed E-state index contributed by atoms with van der Waals surface area (Å²) in [5, 5.41) is 4.89. The van der Waals surface area contributed by atoms with Crippen LogP contribution in [0.1, 0.15) is 87.1 Å². The van der Waals surface area contributed by atoms with Crippen LogP contribution in [0.15, 0.2) is 41.8 Å². The van der Waals surface area contributed by atoms with Crippen LogP contribution in [-0.2, 0) is 12.8 Å². The first-order chi connectivity index (χ1) is 18.7. The highest BCUT2D eigenvalue weighted by Gasteiger charge is 2.41. The van der Waals surface area contributed by atoms with Crippen molar-refractivity contribution in [1.82, 2.24) is 4.58 Å². The molecular formula is C35H37N2OS+. The fraction of sp³-hybridized carbons (Fsp3) is 0.400. The number of anilines is 1. The molecule has 0 fully saturated rings.